The number of hydrogen-bond donors (Lipinski definition) is 0. The molecular formula is C20H12N2O4. The number of imide groups is 1. The van der Waals surface area contributed by atoms with Crippen LogP contribution in [0.4, 0.5) is 11.4 Å². The van der Waals surface area contributed by atoms with E-state index in [1.807, 2.05) is 0 Å². The lowest BCUT2D eigenvalue weighted by Crippen LogP contribution is -2.29. The van der Waals surface area contributed by atoms with Crippen molar-refractivity contribution in [3.05, 3.63) is 94.0 Å². The minimum Gasteiger partial charge on any atom is -0.268 e. The summed E-state index contributed by atoms with van der Waals surface area (Å²) >= 11 is 0. The molecule has 1 aliphatic rings. The first-order valence-corrected chi connectivity index (χ1v) is 7.89. The number of amides is 2. The van der Waals surface area contributed by atoms with Crippen LogP contribution in [0.15, 0.2) is 72.8 Å². The molecule has 4 rings (SSSR count). The van der Waals surface area contributed by atoms with Crippen LogP contribution in [0.1, 0.15) is 20.7 Å². The van der Waals surface area contributed by atoms with E-state index in [0.29, 0.717) is 27.9 Å². The molecule has 0 N–H and O–H groups in total. The van der Waals surface area contributed by atoms with Crippen LogP contribution in [0.5, 0.6) is 0 Å². The molecule has 2 amide bonds. The fourth-order valence-corrected chi connectivity index (χ4v) is 3.05. The summed E-state index contributed by atoms with van der Waals surface area (Å²) in [5.74, 6) is -0.747. The molecule has 0 saturated carbocycles. The lowest BCUT2D eigenvalue weighted by atomic mass is 10.0. The summed E-state index contributed by atoms with van der Waals surface area (Å²) < 4.78 is 0. The molecule has 0 aromatic heterocycles. The maximum atomic E-state index is 12.6. The van der Waals surface area contributed by atoms with Crippen molar-refractivity contribution < 1.29 is 14.5 Å². The molecule has 0 radical (unpaired) electrons. The number of carbonyl (C=O) groups excluding carboxylic acids is 2. The fourth-order valence-electron chi connectivity index (χ4n) is 3.05. The Morgan fingerprint density at radius 3 is 1.92 bits per heavy atom. The largest absolute Gasteiger partial charge is 0.270 e. The molecule has 26 heavy (non-hydrogen) atoms. The molecular weight excluding hydrogens is 332 g/mol. The third kappa shape index (κ3) is 2.44. The summed E-state index contributed by atoms with van der Waals surface area (Å²) in [7, 11) is 0. The normalized spacial score (nSPS) is 13.0. The van der Waals surface area contributed by atoms with Gasteiger partial charge in [-0.05, 0) is 35.4 Å². The second kappa shape index (κ2) is 5.93. The number of non-ortho nitro benzene ring substituents is 1. The third-order valence-electron chi connectivity index (χ3n) is 4.29. The lowest BCUT2D eigenvalue weighted by molar-refractivity contribution is -0.384. The number of hydrogen-bond acceptors (Lipinski definition) is 4. The Morgan fingerprint density at radius 2 is 1.31 bits per heavy atom. The van der Waals surface area contributed by atoms with Crippen molar-refractivity contribution in [2.45, 2.75) is 0 Å². The SMILES string of the molecule is O=C1c2ccccc2C(=O)N1c1cccc(-c2cccc([N+](=O)[O-])c2)c1. The Morgan fingerprint density at radius 1 is 0.731 bits per heavy atom. The molecule has 6 nitrogen and oxygen atoms in total. The minimum absolute atomic E-state index is 0.0198. The van der Waals surface area contributed by atoms with Crippen molar-refractivity contribution in [2.24, 2.45) is 0 Å². The van der Waals surface area contributed by atoms with E-state index in [1.54, 1.807) is 60.7 Å². The van der Waals surface area contributed by atoms with Gasteiger partial charge in [0.1, 0.15) is 0 Å². The van der Waals surface area contributed by atoms with Gasteiger partial charge in [0.2, 0.25) is 0 Å². The van der Waals surface area contributed by atoms with Crippen LogP contribution in [-0.4, -0.2) is 16.7 Å². The number of nitro benzene ring substituents is 1. The van der Waals surface area contributed by atoms with E-state index < -0.39 is 4.92 Å². The summed E-state index contributed by atoms with van der Waals surface area (Å²) in [6.07, 6.45) is 0. The number of anilines is 1. The summed E-state index contributed by atoms with van der Waals surface area (Å²) in [4.78, 5) is 36.9. The van der Waals surface area contributed by atoms with Crippen molar-refractivity contribution in [1.82, 2.24) is 0 Å². The number of carbonyl (C=O) groups is 2. The van der Waals surface area contributed by atoms with Gasteiger partial charge in [-0.2, -0.15) is 0 Å². The Balaban J connectivity index is 1.76. The van der Waals surface area contributed by atoms with Crippen molar-refractivity contribution in [2.75, 3.05) is 4.90 Å². The van der Waals surface area contributed by atoms with Gasteiger partial charge >= 0.3 is 0 Å². The van der Waals surface area contributed by atoms with Gasteiger partial charge < -0.3 is 0 Å². The highest BCUT2D eigenvalue weighted by atomic mass is 16.6. The van der Waals surface area contributed by atoms with Gasteiger partial charge in [-0.1, -0.05) is 36.4 Å². The minimum atomic E-state index is -0.461. The average Bonchev–Trinajstić information content (AvgIpc) is 2.93. The van der Waals surface area contributed by atoms with Crippen LogP contribution in [-0.2, 0) is 0 Å². The predicted molar refractivity (Wildman–Crippen MR) is 96.1 cm³/mol. The van der Waals surface area contributed by atoms with Crippen LogP contribution in [0.2, 0.25) is 0 Å². The van der Waals surface area contributed by atoms with Crippen LogP contribution < -0.4 is 4.90 Å². The number of nitrogens with zero attached hydrogens (tertiary/aromatic N) is 2. The number of rotatable bonds is 3. The van der Waals surface area contributed by atoms with Crippen LogP contribution >= 0.6 is 0 Å². The number of benzene rings is 3. The maximum Gasteiger partial charge on any atom is 0.270 e. The van der Waals surface area contributed by atoms with E-state index in [-0.39, 0.29) is 17.5 Å². The number of fused-ring (bicyclic) bond motifs is 1. The monoisotopic (exact) mass is 344 g/mol. The predicted octanol–water partition coefficient (Wildman–Crippen LogP) is 4.06. The molecule has 3 aromatic carbocycles. The van der Waals surface area contributed by atoms with Gasteiger partial charge in [-0.15, -0.1) is 0 Å². The van der Waals surface area contributed by atoms with Crippen molar-refractivity contribution in [1.29, 1.82) is 0 Å². The molecule has 1 aliphatic heterocycles. The van der Waals surface area contributed by atoms with Crippen molar-refractivity contribution in [3.63, 3.8) is 0 Å². The first kappa shape index (κ1) is 15.7. The highest BCUT2D eigenvalue weighted by molar-refractivity contribution is 6.34. The summed E-state index contributed by atoms with van der Waals surface area (Å²) in [5.41, 5.74) is 2.48. The summed E-state index contributed by atoms with van der Waals surface area (Å²) in [6.45, 7) is 0. The van der Waals surface area contributed by atoms with Crippen LogP contribution in [0, 0.1) is 10.1 Å². The Labute approximate surface area is 148 Å². The number of nitro groups is 1. The van der Waals surface area contributed by atoms with Crippen LogP contribution in [0.25, 0.3) is 11.1 Å². The van der Waals surface area contributed by atoms with Crippen molar-refractivity contribution >= 4 is 23.2 Å². The molecule has 6 heteroatoms. The maximum absolute atomic E-state index is 12.6. The molecule has 0 spiro atoms. The lowest BCUT2D eigenvalue weighted by Gasteiger charge is -2.15. The molecule has 0 atom stereocenters. The molecule has 0 unspecified atom stereocenters. The fraction of sp³-hybridized carbons (Fsp3) is 0. The zero-order valence-corrected chi connectivity index (χ0v) is 13.5. The Bertz CT molecular complexity index is 1040. The molecule has 126 valence electrons. The molecule has 3 aromatic rings. The first-order valence-electron chi connectivity index (χ1n) is 7.89. The smallest absolute Gasteiger partial charge is 0.268 e. The molecule has 0 bridgehead atoms. The molecule has 0 fully saturated rings. The van der Waals surface area contributed by atoms with E-state index in [1.165, 1.54) is 12.1 Å². The van der Waals surface area contributed by atoms with Gasteiger partial charge in [0.05, 0.1) is 21.7 Å². The van der Waals surface area contributed by atoms with E-state index in [2.05, 4.69) is 0 Å². The Kier molecular flexibility index (Phi) is 3.58. The van der Waals surface area contributed by atoms with E-state index >= 15 is 0 Å². The summed E-state index contributed by atoms with van der Waals surface area (Å²) in [6, 6.07) is 19.7. The third-order valence-corrected chi connectivity index (χ3v) is 4.29. The highest BCUT2D eigenvalue weighted by Gasteiger charge is 2.36. The zero-order valence-electron chi connectivity index (χ0n) is 13.5. The van der Waals surface area contributed by atoms with Gasteiger partial charge in [-0.3, -0.25) is 19.7 Å². The topological polar surface area (TPSA) is 80.5 Å². The van der Waals surface area contributed by atoms with Gasteiger partial charge in [0.25, 0.3) is 17.5 Å². The average molecular weight is 344 g/mol. The quantitative estimate of drug-likeness (QED) is 0.408. The molecule has 0 saturated heterocycles. The first-order chi connectivity index (χ1) is 12.6. The standard InChI is InChI=1S/C20H12N2O4/c23-19-17-9-1-2-10-18(17)20(24)21(19)15-7-3-5-13(11-15)14-6-4-8-16(12-14)22(25)26/h1-12H. The van der Waals surface area contributed by atoms with Crippen LogP contribution in [0.3, 0.4) is 0 Å². The molecule has 1 heterocycles. The molecule has 0 aliphatic carbocycles. The van der Waals surface area contributed by atoms with E-state index in [9.17, 15) is 19.7 Å². The van der Waals surface area contributed by atoms with E-state index in [0.717, 1.165) is 4.90 Å². The van der Waals surface area contributed by atoms with E-state index in [4.69, 9.17) is 0 Å². The second-order valence-corrected chi connectivity index (χ2v) is 5.85. The van der Waals surface area contributed by atoms with Gasteiger partial charge in [-0.25, -0.2) is 4.90 Å². The van der Waals surface area contributed by atoms with Gasteiger partial charge in [0.15, 0.2) is 0 Å². The summed E-state index contributed by atoms with van der Waals surface area (Å²) in [5, 5.41) is 11.0. The van der Waals surface area contributed by atoms with Crippen molar-refractivity contribution in [3.8, 4) is 11.1 Å². The Hall–Kier alpha value is -3.80. The van der Waals surface area contributed by atoms with Gasteiger partial charge in [0, 0.05) is 12.1 Å². The zero-order chi connectivity index (χ0) is 18.3. The highest BCUT2D eigenvalue weighted by Crippen LogP contribution is 2.32. The second-order valence-electron chi connectivity index (χ2n) is 5.85.